The topological polar surface area (TPSA) is 38.3 Å². The summed E-state index contributed by atoms with van der Waals surface area (Å²) in [5.74, 6) is 0.605. The van der Waals surface area contributed by atoms with Gasteiger partial charge in [0.2, 0.25) is 0 Å². The minimum absolute atomic E-state index is 0.0772. The van der Waals surface area contributed by atoms with Crippen molar-refractivity contribution in [2.24, 2.45) is 0 Å². The summed E-state index contributed by atoms with van der Waals surface area (Å²) >= 11 is 6.15. The first-order chi connectivity index (χ1) is 11.0. The fourth-order valence-corrected chi connectivity index (χ4v) is 2.96. The fourth-order valence-electron chi connectivity index (χ4n) is 2.85. The van der Waals surface area contributed by atoms with Crippen molar-refractivity contribution >= 4 is 17.5 Å². The molecule has 4 heteroatoms. The molecule has 1 atom stereocenters. The molecule has 126 valence electrons. The summed E-state index contributed by atoms with van der Waals surface area (Å²) in [6.45, 7) is 6.32. The second-order valence-electron chi connectivity index (χ2n) is 6.28. The highest BCUT2D eigenvalue weighted by Gasteiger charge is 2.15. The molecule has 0 fully saturated rings. The van der Waals surface area contributed by atoms with E-state index in [0.717, 1.165) is 22.6 Å². The average Bonchev–Trinajstić information content (AvgIpc) is 2.53. The Hall–Kier alpha value is -1.48. The predicted octanol–water partition coefficient (Wildman–Crippen LogP) is 4.73. The van der Waals surface area contributed by atoms with Gasteiger partial charge in [-0.3, -0.25) is 4.79 Å². The van der Waals surface area contributed by atoms with Crippen LogP contribution in [0.25, 0.3) is 0 Å². The van der Waals surface area contributed by atoms with Crippen molar-refractivity contribution in [1.82, 2.24) is 5.32 Å². The molecule has 0 saturated carbocycles. The summed E-state index contributed by atoms with van der Waals surface area (Å²) in [5.41, 5.74) is 3.38. The number of nitrogens with one attached hydrogen (secondary N) is 1. The van der Waals surface area contributed by atoms with E-state index < -0.39 is 6.10 Å². The molecule has 0 heterocycles. The summed E-state index contributed by atoms with van der Waals surface area (Å²) < 4.78 is 5.75. The molecule has 3 nitrogen and oxygen atoms in total. The van der Waals surface area contributed by atoms with Crippen LogP contribution in [0.15, 0.2) is 23.8 Å². The molecule has 0 aliphatic heterocycles. The van der Waals surface area contributed by atoms with Crippen molar-refractivity contribution in [2.75, 3.05) is 6.54 Å². The standard InChI is InChI=1S/C19H26ClNO2/c1-13-11-17(12-14(2)18(13)20)23-15(3)19(22)21-10-9-16-7-5-4-6-8-16/h7,11-12,15H,4-6,8-10H2,1-3H3,(H,21,22)/t15-/m1/s1. The van der Waals surface area contributed by atoms with E-state index in [1.807, 2.05) is 26.0 Å². The molecule has 0 radical (unpaired) electrons. The third kappa shape index (κ3) is 5.28. The number of benzene rings is 1. The van der Waals surface area contributed by atoms with Gasteiger partial charge in [0.05, 0.1) is 0 Å². The quantitative estimate of drug-likeness (QED) is 0.763. The Balaban J connectivity index is 1.81. The first-order valence-electron chi connectivity index (χ1n) is 8.36. The highest BCUT2D eigenvalue weighted by atomic mass is 35.5. The summed E-state index contributed by atoms with van der Waals surface area (Å²) in [5, 5.41) is 3.71. The Kier molecular flexibility index (Phi) is 6.52. The average molecular weight is 336 g/mol. The van der Waals surface area contributed by atoms with Gasteiger partial charge in [-0.2, -0.15) is 0 Å². The molecule has 1 aromatic carbocycles. The Morgan fingerprint density at radius 1 is 1.30 bits per heavy atom. The normalized spacial score (nSPS) is 15.7. The number of halogens is 1. The number of allylic oxidation sites excluding steroid dienone is 1. The molecule has 1 N–H and O–H groups in total. The largest absolute Gasteiger partial charge is 0.481 e. The number of carbonyl (C=O) groups is 1. The summed E-state index contributed by atoms with van der Waals surface area (Å²) in [6.07, 6.45) is 7.65. The van der Waals surface area contributed by atoms with Crippen LogP contribution in [-0.2, 0) is 4.79 Å². The van der Waals surface area contributed by atoms with E-state index in [1.54, 1.807) is 6.92 Å². The zero-order valence-electron chi connectivity index (χ0n) is 14.2. The van der Waals surface area contributed by atoms with Gasteiger partial charge in [0.15, 0.2) is 6.10 Å². The van der Waals surface area contributed by atoms with Gasteiger partial charge in [-0.1, -0.05) is 23.3 Å². The van der Waals surface area contributed by atoms with Crippen LogP contribution < -0.4 is 10.1 Å². The molecule has 1 aliphatic rings. The van der Waals surface area contributed by atoms with Gasteiger partial charge in [-0.05, 0) is 76.1 Å². The molecule has 0 saturated heterocycles. The van der Waals surface area contributed by atoms with Crippen molar-refractivity contribution in [3.63, 3.8) is 0 Å². The molecular weight excluding hydrogens is 310 g/mol. The maximum Gasteiger partial charge on any atom is 0.260 e. The van der Waals surface area contributed by atoms with Crippen LogP contribution in [0.4, 0.5) is 0 Å². The third-order valence-corrected chi connectivity index (χ3v) is 4.82. The van der Waals surface area contributed by atoms with Gasteiger partial charge in [-0.25, -0.2) is 0 Å². The number of carbonyl (C=O) groups excluding carboxylic acids is 1. The lowest BCUT2D eigenvalue weighted by atomic mass is 9.97. The molecule has 1 amide bonds. The van der Waals surface area contributed by atoms with Crippen LogP contribution in [0.3, 0.4) is 0 Å². The zero-order valence-corrected chi connectivity index (χ0v) is 15.0. The monoisotopic (exact) mass is 335 g/mol. The number of rotatable bonds is 6. The van der Waals surface area contributed by atoms with E-state index in [0.29, 0.717) is 12.3 Å². The molecule has 1 aromatic rings. The number of amides is 1. The first kappa shape index (κ1) is 17.9. The summed E-state index contributed by atoms with van der Waals surface area (Å²) in [6, 6.07) is 3.73. The van der Waals surface area contributed by atoms with Gasteiger partial charge in [0, 0.05) is 11.6 Å². The van der Waals surface area contributed by atoms with Crippen molar-refractivity contribution in [3.05, 3.63) is 39.9 Å². The van der Waals surface area contributed by atoms with E-state index in [4.69, 9.17) is 16.3 Å². The van der Waals surface area contributed by atoms with Crippen LogP contribution >= 0.6 is 11.6 Å². The highest BCUT2D eigenvalue weighted by molar-refractivity contribution is 6.32. The van der Waals surface area contributed by atoms with Crippen LogP contribution in [-0.4, -0.2) is 18.6 Å². The lowest BCUT2D eigenvalue weighted by molar-refractivity contribution is -0.127. The molecule has 0 bridgehead atoms. The Bertz CT molecular complexity index is 572. The Labute approximate surface area is 144 Å². The van der Waals surface area contributed by atoms with E-state index >= 15 is 0 Å². The van der Waals surface area contributed by atoms with Gasteiger partial charge in [0.1, 0.15) is 5.75 Å². The molecule has 1 aliphatic carbocycles. The number of ether oxygens (including phenoxy) is 1. The van der Waals surface area contributed by atoms with Gasteiger partial charge in [0.25, 0.3) is 5.91 Å². The lowest BCUT2D eigenvalue weighted by Crippen LogP contribution is -2.37. The first-order valence-corrected chi connectivity index (χ1v) is 8.74. The fraction of sp³-hybridized carbons (Fsp3) is 0.526. The summed E-state index contributed by atoms with van der Waals surface area (Å²) in [4.78, 5) is 12.1. The number of hydrogen-bond donors (Lipinski definition) is 1. The molecule has 2 rings (SSSR count). The maximum atomic E-state index is 12.1. The van der Waals surface area contributed by atoms with Crippen LogP contribution in [0, 0.1) is 13.8 Å². The van der Waals surface area contributed by atoms with Gasteiger partial charge in [-0.15, -0.1) is 0 Å². The van der Waals surface area contributed by atoms with Crippen LogP contribution in [0.5, 0.6) is 5.75 Å². The van der Waals surface area contributed by atoms with Crippen LogP contribution in [0.1, 0.15) is 50.2 Å². The lowest BCUT2D eigenvalue weighted by Gasteiger charge is -2.17. The van der Waals surface area contributed by atoms with Crippen molar-refractivity contribution in [1.29, 1.82) is 0 Å². The highest BCUT2D eigenvalue weighted by Crippen LogP contribution is 2.26. The number of aryl methyl sites for hydroxylation is 2. The zero-order chi connectivity index (χ0) is 16.8. The van der Waals surface area contributed by atoms with E-state index in [-0.39, 0.29) is 5.91 Å². The second kappa shape index (κ2) is 8.39. The van der Waals surface area contributed by atoms with E-state index in [2.05, 4.69) is 11.4 Å². The molecular formula is C19H26ClNO2. The molecule has 0 unspecified atom stereocenters. The predicted molar refractivity (Wildman–Crippen MR) is 95.2 cm³/mol. The second-order valence-corrected chi connectivity index (χ2v) is 6.66. The van der Waals surface area contributed by atoms with Crippen LogP contribution in [0.2, 0.25) is 5.02 Å². The SMILES string of the molecule is Cc1cc(O[C@H](C)C(=O)NCCC2=CCCCC2)cc(C)c1Cl. The van der Waals surface area contributed by atoms with E-state index in [9.17, 15) is 4.79 Å². The minimum atomic E-state index is -0.518. The van der Waals surface area contributed by atoms with E-state index in [1.165, 1.54) is 31.3 Å². The molecule has 23 heavy (non-hydrogen) atoms. The van der Waals surface area contributed by atoms with Gasteiger partial charge < -0.3 is 10.1 Å². The number of hydrogen-bond acceptors (Lipinski definition) is 2. The van der Waals surface area contributed by atoms with Crippen molar-refractivity contribution in [3.8, 4) is 5.75 Å². The minimum Gasteiger partial charge on any atom is -0.481 e. The molecule has 0 spiro atoms. The van der Waals surface area contributed by atoms with Crippen molar-refractivity contribution in [2.45, 2.75) is 59.0 Å². The maximum absolute atomic E-state index is 12.1. The Morgan fingerprint density at radius 2 is 2.00 bits per heavy atom. The van der Waals surface area contributed by atoms with Gasteiger partial charge >= 0.3 is 0 Å². The summed E-state index contributed by atoms with van der Waals surface area (Å²) in [7, 11) is 0. The molecule has 0 aromatic heterocycles. The van der Waals surface area contributed by atoms with Crippen molar-refractivity contribution < 1.29 is 9.53 Å². The smallest absolute Gasteiger partial charge is 0.260 e. The Morgan fingerprint density at radius 3 is 2.61 bits per heavy atom. The third-order valence-electron chi connectivity index (χ3n) is 4.22.